The Labute approximate surface area is 127 Å². The highest BCUT2D eigenvalue weighted by Gasteiger charge is 2.27. The monoisotopic (exact) mass is 293 g/mol. The Morgan fingerprint density at radius 1 is 1.38 bits per heavy atom. The van der Waals surface area contributed by atoms with Crippen LogP contribution in [0.25, 0.3) is 11.0 Å². The van der Waals surface area contributed by atoms with Crippen LogP contribution in [0, 0.1) is 11.3 Å². The molecule has 0 saturated heterocycles. The van der Waals surface area contributed by atoms with Crippen LogP contribution in [0.4, 0.5) is 0 Å². The minimum atomic E-state index is 0.365. The number of aryl methyl sites for hydroxylation is 2. The van der Waals surface area contributed by atoms with Crippen molar-refractivity contribution in [3.63, 3.8) is 0 Å². The zero-order valence-electron chi connectivity index (χ0n) is 11.8. The third-order valence-corrected chi connectivity index (χ3v) is 5.43. The number of aromatic nitrogens is 2. The molecule has 1 atom stereocenters. The molecule has 0 amide bonds. The van der Waals surface area contributed by atoms with Gasteiger partial charge in [-0.3, -0.25) is 0 Å². The summed E-state index contributed by atoms with van der Waals surface area (Å²) in [6, 6.07) is 10.3. The smallest absolute Gasteiger partial charge is 0.117 e. The molecule has 4 heteroatoms. The van der Waals surface area contributed by atoms with Gasteiger partial charge in [-0.05, 0) is 48.4 Å². The van der Waals surface area contributed by atoms with Crippen molar-refractivity contribution in [3.05, 3.63) is 51.5 Å². The van der Waals surface area contributed by atoms with Crippen LogP contribution in [-0.2, 0) is 13.5 Å². The fourth-order valence-electron chi connectivity index (χ4n) is 3.39. The lowest BCUT2D eigenvalue weighted by Gasteiger charge is -2.22. The van der Waals surface area contributed by atoms with Crippen LogP contribution in [0.1, 0.15) is 40.6 Å². The fourth-order valence-corrected chi connectivity index (χ4v) is 4.38. The van der Waals surface area contributed by atoms with Crippen LogP contribution in [0.5, 0.6) is 0 Å². The number of nitrogens with zero attached hydrogens (tertiary/aromatic N) is 3. The van der Waals surface area contributed by atoms with Crippen LogP contribution in [0.15, 0.2) is 29.6 Å². The topological polar surface area (TPSA) is 41.6 Å². The molecule has 1 aromatic carbocycles. The van der Waals surface area contributed by atoms with Crippen LogP contribution in [-0.4, -0.2) is 9.55 Å². The molecular weight excluding hydrogens is 278 g/mol. The molecule has 4 rings (SSSR count). The summed E-state index contributed by atoms with van der Waals surface area (Å²) in [4.78, 5) is 6.33. The Morgan fingerprint density at radius 3 is 3.14 bits per heavy atom. The van der Waals surface area contributed by atoms with Gasteiger partial charge in [0.2, 0.25) is 0 Å². The van der Waals surface area contributed by atoms with Crippen molar-refractivity contribution in [2.24, 2.45) is 7.05 Å². The standard InChI is InChI=1S/C17H15N3S/c1-20-14-6-2-4-11(10-18)16(14)19-17(20)13-5-3-7-15-12(13)8-9-21-15/h2,4,6,8-9,13H,3,5,7H2,1H3. The quantitative estimate of drug-likeness (QED) is 0.681. The molecular formula is C17H15N3S. The van der Waals surface area contributed by atoms with E-state index >= 15 is 0 Å². The molecule has 1 unspecified atom stereocenters. The zero-order chi connectivity index (χ0) is 14.4. The normalized spacial score (nSPS) is 17.6. The first-order valence-electron chi connectivity index (χ1n) is 7.21. The van der Waals surface area contributed by atoms with Crippen LogP contribution in [0.2, 0.25) is 0 Å². The first kappa shape index (κ1) is 12.6. The first-order chi connectivity index (χ1) is 10.3. The molecule has 104 valence electrons. The van der Waals surface area contributed by atoms with Gasteiger partial charge in [-0.15, -0.1) is 11.3 Å². The van der Waals surface area contributed by atoms with Crippen molar-refractivity contribution in [2.75, 3.05) is 0 Å². The summed E-state index contributed by atoms with van der Waals surface area (Å²) >= 11 is 1.85. The van der Waals surface area contributed by atoms with Gasteiger partial charge in [0.05, 0.1) is 11.1 Å². The summed E-state index contributed by atoms with van der Waals surface area (Å²) in [5, 5.41) is 11.5. The summed E-state index contributed by atoms with van der Waals surface area (Å²) in [7, 11) is 2.06. The lowest BCUT2D eigenvalue weighted by molar-refractivity contribution is 0.584. The van der Waals surface area contributed by atoms with Gasteiger partial charge in [-0.25, -0.2) is 4.98 Å². The van der Waals surface area contributed by atoms with E-state index in [1.54, 1.807) is 0 Å². The maximum atomic E-state index is 9.27. The summed E-state index contributed by atoms with van der Waals surface area (Å²) in [5.74, 6) is 1.45. The van der Waals surface area contributed by atoms with E-state index in [0.29, 0.717) is 11.5 Å². The van der Waals surface area contributed by atoms with Crippen LogP contribution < -0.4 is 0 Å². The largest absolute Gasteiger partial charge is 0.331 e. The number of thiophene rings is 1. The van der Waals surface area contributed by atoms with E-state index in [1.165, 1.54) is 23.3 Å². The van der Waals surface area contributed by atoms with E-state index in [2.05, 4.69) is 29.1 Å². The highest BCUT2D eigenvalue weighted by atomic mass is 32.1. The minimum Gasteiger partial charge on any atom is -0.331 e. The van der Waals surface area contributed by atoms with Crippen molar-refractivity contribution in [1.29, 1.82) is 5.26 Å². The summed E-state index contributed by atoms with van der Waals surface area (Å²) in [6.45, 7) is 0. The number of rotatable bonds is 1. The predicted molar refractivity (Wildman–Crippen MR) is 84.5 cm³/mol. The third kappa shape index (κ3) is 1.81. The van der Waals surface area contributed by atoms with Gasteiger partial charge in [0.1, 0.15) is 17.4 Å². The molecule has 0 N–H and O–H groups in total. The number of hydrogen-bond acceptors (Lipinski definition) is 3. The number of fused-ring (bicyclic) bond motifs is 2. The lowest BCUT2D eigenvalue weighted by Crippen LogP contribution is -2.12. The number of imidazole rings is 1. The Hall–Kier alpha value is -2.12. The number of para-hydroxylation sites is 1. The van der Waals surface area contributed by atoms with E-state index in [4.69, 9.17) is 4.98 Å². The maximum Gasteiger partial charge on any atom is 0.117 e. The van der Waals surface area contributed by atoms with Gasteiger partial charge in [0, 0.05) is 17.8 Å². The van der Waals surface area contributed by atoms with E-state index < -0.39 is 0 Å². The average Bonchev–Trinajstić information content (AvgIpc) is 3.12. The van der Waals surface area contributed by atoms with E-state index in [1.807, 2.05) is 29.5 Å². The second kappa shape index (κ2) is 4.71. The molecule has 2 aromatic heterocycles. The average molecular weight is 293 g/mol. The predicted octanol–water partition coefficient (Wildman–Crippen LogP) is 3.97. The molecule has 0 radical (unpaired) electrons. The van der Waals surface area contributed by atoms with Gasteiger partial charge < -0.3 is 4.57 Å². The molecule has 21 heavy (non-hydrogen) atoms. The summed E-state index contributed by atoms with van der Waals surface area (Å²) in [6.07, 6.45) is 3.55. The third-order valence-electron chi connectivity index (χ3n) is 4.43. The molecule has 1 aliphatic rings. The van der Waals surface area contributed by atoms with E-state index in [0.717, 1.165) is 23.3 Å². The molecule has 0 bridgehead atoms. The number of nitriles is 1. The maximum absolute atomic E-state index is 9.27. The van der Waals surface area contributed by atoms with E-state index in [9.17, 15) is 5.26 Å². The number of benzene rings is 1. The van der Waals surface area contributed by atoms with Crippen molar-refractivity contribution >= 4 is 22.4 Å². The second-order valence-corrected chi connectivity index (χ2v) is 6.56. The zero-order valence-corrected chi connectivity index (χ0v) is 12.7. The molecule has 0 spiro atoms. The molecule has 0 saturated carbocycles. The second-order valence-electron chi connectivity index (χ2n) is 5.56. The van der Waals surface area contributed by atoms with Gasteiger partial charge in [-0.1, -0.05) is 6.07 Å². The molecule has 3 aromatic rings. The molecule has 2 heterocycles. The van der Waals surface area contributed by atoms with Crippen LogP contribution >= 0.6 is 11.3 Å². The molecule has 3 nitrogen and oxygen atoms in total. The highest BCUT2D eigenvalue weighted by molar-refractivity contribution is 7.10. The first-order valence-corrected chi connectivity index (χ1v) is 8.09. The van der Waals surface area contributed by atoms with E-state index in [-0.39, 0.29) is 0 Å². The molecule has 0 fully saturated rings. The van der Waals surface area contributed by atoms with Gasteiger partial charge in [-0.2, -0.15) is 5.26 Å². The highest BCUT2D eigenvalue weighted by Crippen LogP contribution is 2.39. The summed E-state index contributed by atoms with van der Waals surface area (Å²) in [5.41, 5.74) is 3.98. The summed E-state index contributed by atoms with van der Waals surface area (Å²) < 4.78 is 2.16. The minimum absolute atomic E-state index is 0.365. The van der Waals surface area contributed by atoms with Gasteiger partial charge in [0.15, 0.2) is 0 Å². The Balaban J connectivity index is 1.93. The SMILES string of the molecule is Cn1c(C2CCCc3sccc32)nc2c(C#N)cccc21. The van der Waals surface area contributed by atoms with Crippen molar-refractivity contribution in [3.8, 4) is 6.07 Å². The molecule has 1 aliphatic carbocycles. The Bertz CT molecular complexity index is 866. The molecule has 0 aliphatic heterocycles. The fraction of sp³-hybridized carbons (Fsp3) is 0.294. The van der Waals surface area contributed by atoms with Crippen molar-refractivity contribution in [1.82, 2.24) is 9.55 Å². The lowest BCUT2D eigenvalue weighted by atomic mass is 9.87. The van der Waals surface area contributed by atoms with Crippen molar-refractivity contribution in [2.45, 2.75) is 25.2 Å². The van der Waals surface area contributed by atoms with Crippen LogP contribution in [0.3, 0.4) is 0 Å². The van der Waals surface area contributed by atoms with Crippen molar-refractivity contribution < 1.29 is 0 Å². The Kier molecular flexibility index (Phi) is 2.83. The van der Waals surface area contributed by atoms with Gasteiger partial charge >= 0.3 is 0 Å². The number of hydrogen-bond donors (Lipinski definition) is 0. The Morgan fingerprint density at radius 2 is 2.29 bits per heavy atom. The van der Waals surface area contributed by atoms with Gasteiger partial charge in [0.25, 0.3) is 0 Å².